The number of hydrogen-bond acceptors (Lipinski definition) is 5. The van der Waals surface area contributed by atoms with Crippen LogP contribution in [0.3, 0.4) is 0 Å². The van der Waals surface area contributed by atoms with Crippen molar-refractivity contribution in [1.29, 1.82) is 0 Å². The van der Waals surface area contributed by atoms with Gasteiger partial charge in [0.2, 0.25) is 5.91 Å². The number of amides is 1. The van der Waals surface area contributed by atoms with E-state index in [1.807, 2.05) is 0 Å². The number of Topliss-reactive ketones (excluding diaryl/α,β-unsaturated/α-hetero) is 2. The predicted octanol–water partition coefficient (Wildman–Crippen LogP) is 0.960. The summed E-state index contributed by atoms with van der Waals surface area (Å²) in [4.78, 5) is 39.8. The molecule has 1 aliphatic heterocycles. The van der Waals surface area contributed by atoms with Crippen LogP contribution in [-0.2, 0) is 9.59 Å². The van der Waals surface area contributed by atoms with Gasteiger partial charge in [-0.1, -0.05) is 11.3 Å². The van der Waals surface area contributed by atoms with Crippen LogP contribution in [0.4, 0.5) is 5.13 Å². The van der Waals surface area contributed by atoms with E-state index in [-0.39, 0.29) is 30.4 Å². The SMILES string of the molecule is CC(=O)c1sc(N2CC(=O)CC2=O)nc1C. The topological polar surface area (TPSA) is 67.3 Å². The van der Waals surface area contributed by atoms with Crippen LogP contribution in [-0.4, -0.2) is 29.0 Å². The van der Waals surface area contributed by atoms with Gasteiger partial charge in [-0.05, 0) is 6.92 Å². The smallest absolute Gasteiger partial charge is 0.236 e. The quantitative estimate of drug-likeness (QED) is 0.568. The van der Waals surface area contributed by atoms with Crippen molar-refractivity contribution in [3.8, 4) is 0 Å². The highest BCUT2D eigenvalue weighted by molar-refractivity contribution is 7.17. The molecule has 1 aromatic rings. The molecule has 1 fully saturated rings. The molecule has 1 saturated heterocycles. The number of nitrogens with zero attached hydrogens (tertiary/aromatic N) is 2. The van der Waals surface area contributed by atoms with E-state index in [0.717, 1.165) is 11.3 Å². The number of carbonyl (C=O) groups excluding carboxylic acids is 3. The molecule has 1 aliphatic rings. The average molecular weight is 238 g/mol. The summed E-state index contributed by atoms with van der Waals surface area (Å²) in [5, 5.41) is 0.443. The minimum Gasteiger partial charge on any atom is -0.297 e. The molecule has 1 amide bonds. The van der Waals surface area contributed by atoms with E-state index in [1.165, 1.54) is 11.8 Å². The monoisotopic (exact) mass is 238 g/mol. The first-order valence-corrected chi connectivity index (χ1v) is 5.61. The molecule has 84 valence electrons. The number of aryl methyl sites for hydroxylation is 1. The second-order valence-corrected chi connectivity index (χ2v) is 4.64. The van der Waals surface area contributed by atoms with Crippen LogP contribution in [0.25, 0.3) is 0 Å². The molecular weight excluding hydrogens is 228 g/mol. The summed E-state index contributed by atoms with van der Waals surface area (Å²) in [6.45, 7) is 3.25. The number of ketones is 2. The van der Waals surface area contributed by atoms with Gasteiger partial charge in [0.1, 0.15) is 0 Å². The van der Waals surface area contributed by atoms with Gasteiger partial charge in [0.15, 0.2) is 16.7 Å². The van der Waals surface area contributed by atoms with Gasteiger partial charge in [-0.25, -0.2) is 4.98 Å². The van der Waals surface area contributed by atoms with E-state index in [0.29, 0.717) is 15.7 Å². The Morgan fingerprint density at radius 2 is 2.12 bits per heavy atom. The maximum absolute atomic E-state index is 11.5. The molecule has 0 saturated carbocycles. The highest BCUT2D eigenvalue weighted by Crippen LogP contribution is 2.28. The fourth-order valence-corrected chi connectivity index (χ4v) is 2.56. The molecule has 5 nitrogen and oxygen atoms in total. The van der Waals surface area contributed by atoms with Crippen molar-refractivity contribution >= 4 is 33.9 Å². The molecule has 0 atom stereocenters. The number of thiazole rings is 1. The Morgan fingerprint density at radius 3 is 2.56 bits per heavy atom. The molecule has 2 heterocycles. The van der Waals surface area contributed by atoms with E-state index >= 15 is 0 Å². The molecule has 0 aliphatic carbocycles. The van der Waals surface area contributed by atoms with Gasteiger partial charge in [0.25, 0.3) is 0 Å². The van der Waals surface area contributed by atoms with E-state index in [2.05, 4.69) is 4.98 Å². The highest BCUT2D eigenvalue weighted by Gasteiger charge is 2.31. The molecule has 0 spiro atoms. The summed E-state index contributed by atoms with van der Waals surface area (Å²) < 4.78 is 0. The number of carbonyl (C=O) groups is 3. The molecule has 16 heavy (non-hydrogen) atoms. The van der Waals surface area contributed by atoms with Gasteiger partial charge in [0.05, 0.1) is 23.5 Å². The summed E-state index contributed by atoms with van der Waals surface area (Å²) in [7, 11) is 0. The van der Waals surface area contributed by atoms with Crippen molar-refractivity contribution in [2.45, 2.75) is 20.3 Å². The number of hydrogen-bond donors (Lipinski definition) is 0. The molecule has 0 radical (unpaired) electrons. The van der Waals surface area contributed by atoms with Crippen molar-refractivity contribution in [3.63, 3.8) is 0 Å². The van der Waals surface area contributed by atoms with Crippen LogP contribution < -0.4 is 4.90 Å². The van der Waals surface area contributed by atoms with E-state index < -0.39 is 0 Å². The van der Waals surface area contributed by atoms with Gasteiger partial charge in [-0.15, -0.1) is 0 Å². The first-order chi connectivity index (χ1) is 7.49. The van der Waals surface area contributed by atoms with E-state index in [4.69, 9.17) is 0 Å². The lowest BCUT2D eigenvalue weighted by atomic mass is 10.3. The second kappa shape index (κ2) is 3.79. The van der Waals surface area contributed by atoms with Gasteiger partial charge < -0.3 is 0 Å². The maximum Gasteiger partial charge on any atom is 0.236 e. The second-order valence-electron chi connectivity index (χ2n) is 3.66. The minimum atomic E-state index is -0.242. The van der Waals surface area contributed by atoms with Crippen LogP contribution in [0.15, 0.2) is 0 Å². The third-order valence-electron chi connectivity index (χ3n) is 2.32. The maximum atomic E-state index is 11.5. The molecular formula is C10H10N2O3S. The summed E-state index contributed by atoms with van der Waals surface area (Å²) in [6.07, 6.45) is -0.0615. The molecule has 0 bridgehead atoms. The Labute approximate surface area is 96.1 Å². The predicted molar refractivity (Wildman–Crippen MR) is 58.8 cm³/mol. The Balaban J connectivity index is 2.35. The lowest BCUT2D eigenvalue weighted by Crippen LogP contribution is -2.24. The van der Waals surface area contributed by atoms with Crippen molar-refractivity contribution < 1.29 is 14.4 Å². The third-order valence-corrected chi connectivity index (χ3v) is 3.60. The Morgan fingerprint density at radius 1 is 1.44 bits per heavy atom. The van der Waals surface area contributed by atoms with Gasteiger partial charge >= 0.3 is 0 Å². The molecule has 0 aromatic carbocycles. The van der Waals surface area contributed by atoms with Crippen LogP contribution in [0.1, 0.15) is 28.7 Å². The van der Waals surface area contributed by atoms with Crippen LogP contribution >= 0.6 is 11.3 Å². The van der Waals surface area contributed by atoms with Crippen molar-refractivity contribution in [2.24, 2.45) is 0 Å². The van der Waals surface area contributed by atoms with Crippen molar-refractivity contribution in [2.75, 3.05) is 11.4 Å². The molecule has 2 rings (SSSR count). The average Bonchev–Trinajstić information content (AvgIpc) is 2.69. The van der Waals surface area contributed by atoms with Crippen LogP contribution in [0.2, 0.25) is 0 Å². The standard InChI is InChI=1S/C10H10N2O3S/c1-5-9(6(2)13)16-10(11-5)12-4-7(14)3-8(12)15/h3-4H2,1-2H3. The van der Waals surface area contributed by atoms with Gasteiger partial charge in [0, 0.05) is 6.92 Å². The van der Waals surface area contributed by atoms with Crippen LogP contribution in [0.5, 0.6) is 0 Å². The zero-order valence-electron chi connectivity index (χ0n) is 8.94. The first kappa shape index (κ1) is 10.9. The summed E-state index contributed by atoms with van der Waals surface area (Å²) in [5.74, 6) is -0.421. The number of rotatable bonds is 2. The lowest BCUT2D eigenvalue weighted by Gasteiger charge is -2.08. The first-order valence-electron chi connectivity index (χ1n) is 4.79. The van der Waals surface area contributed by atoms with Crippen LogP contribution in [0, 0.1) is 6.92 Å². The molecule has 6 heteroatoms. The zero-order chi connectivity index (χ0) is 11.9. The van der Waals surface area contributed by atoms with Crippen molar-refractivity contribution in [1.82, 2.24) is 4.98 Å². The van der Waals surface area contributed by atoms with E-state index in [9.17, 15) is 14.4 Å². The van der Waals surface area contributed by atoms with Gasteiger partial charge in [-0.2, -0.15) is 0 Å². The number of anilines is 1. The number of aromatic nitrogens is 1. The Bertz CT molecular complexity index is 492. The molecule has 0 N–H and O–H groups in total. The highest BCUT2D eigenvalue weighted by atomic mass is 32.1. The summed E-state index contributed by atoms with van der Waals surface area (Å²) in [6, 6.07) is 0. The largest absolute Gasteiger partial charge is 0.297 e. The molecule has 0 unspecified atom stereocenters. The fraction of sp³-hybridized carbons (Fsp3) is 0.400. The fourth-order valence-electron chi connectivity index (χ4n) is 1.58. The van der Waals surface area contributed by atoms with E-state index in [1.54, 1.807) is 6.92 Å². The van der Waals surface area contributed by atoms with Gasteiger partial charge in [-0.3, -0.25) is 19.3 Å². The Hall–Kier alpha value is -1.56. The minimum absolute atomic E-state index is 0.0615. The summed E-state index contributed by atoms with van der Waals surface area (Å²) >= 11 is 1.16. The van der Waals surface area contributed by atoms with Crippen molar-refractivity contribution in [3.05, 3.63) is 10.6 Å². The molecule has 1 aromatic heterocycles. The normalized spacial score (nSPS) is 16.0. The summed E-state index contributed by atoms with van der Waals surface area (Å²) in [5.41, 5.74) is 0.611. The lowest BCUT2D eigenvalue weighted by molar-refractivity contribution is -0.121. The Kier molecular flexibility index (Phi) is 2.59. The zero-order valence-corrected chi connectivity index (χ0v) is 9.76. The third kappa shape index (κ3) is 1.76.